The maximum atomic E-state index is 12.5. The van der Waals surface area contributed by atoms with Gasteiger partial charge in [0.05, 0.1) is 5.56 Å². The van der Waals surface area contributed by atoms with Gasteiger partial charge < -0.3 is 20.9 Å². The zero-order valence-corrected chi connectivity index (χ0v) is 18.0. The quantitative estimate of drug-likeness (QED) is 0.665. The zero-order chi connectivity index (χ0) is 21.8. The van der Waals surface area contributed by atoms with Gasteiger partial charge in [-0.05, 0) is 36.6 Å². The number of carbonyl (C=O) groups excluding carboxylic acids is 1. The van der Waals surface area contributed by atoms with Crippen LogP contribution in [0.25, 0.3) is 0 Å². The molecule has 1 aliphatic heterocycles. The van der Waals surface area contributed by atoms with Gasteiger partial charge in [-0.25, -0.2) is 4.98 Å². The Morgan fingerprint density at radius 1 is 1.00 bits per heavy atom. The highest BCUT2D eigenvalue weighted by molar-refractivity contribution is 5.98. The third-order valence-electron chi connectivity index (χ3n) is 5.83. The molecule has 1 fully saturated rings. The van der Waals surface area contributed by atoms with Crippen molar-refractivity contribution in [3.63, 3.8) is 0 Å². The van der Waals surface area contributed by atoms with E-state index in [1.54, 1.807) is 0 Å². The molecule has 0 radical (unpaired) electrons. The molecular formula is C24H28N6O. The topological polar surface area (TPSA) is 87.4 Å². The molecule has 3 aromatic rings. The van der Waals surface area contributed by atoms with E-state index in [4.69, 9.17) is 5.73 Å². The summed E-state index contributed by atoms with van der Waals surface area (Å²) >= 11 is 0. The molecule has 1 aliphatic rings. The number of benzene rings is 2. The number of piperazine rings is 1. The number of anilines is 3. The Morgan fingerprint density at radius 2 is 1.71 bits per heavy atom. The van der Waals surface area contributed by atoms with E-state index in [-0.39, 0.29) is 11.7 Å². The van der Waals surface area contributed by atoms with Crippen LogP contribution in [0.2, 0.25) is 0 Å². The average Bonchev–Trinajstić information content (AvgIpc) is 2.80. The number of aryl methyl sites for hydroxylation is 1. The van der Waals surface area contributed by atoms with E-state index in [0.717, 1.165) is 31.7 Å². The number of aromatic nitrogens is 2. The predicted octanol–water partition coefficient (Wildman–Crippen LogP) is 2.93. The molecule has 0 atom stereocenters. The second-order valence-electron chi connectivity index (χ2n) is 7.83. The van der Waals surface area contributed by atoms with Gasteiger partial charge in [-0.1, -0.05) is 42.5 Å². The van der Waals surface area contributed by atoms with Gasteiger partial charge in [-0.15, -0.1) is 0 Å². The van der Waals surface area contributed by atoms with Gasteiger partial charge in [-0.3, -0.25) is 4.79 Å². The van der Waals surface area contributed by atoms with Crippen molar-refractivity contribution in [1.29, 1.82) is 0 Å². The van der Waals surface area contributed by atoms with E-state index in [2.05, 4.69) is 57.1 Å². The molecule has 1 aromatic heterocycles. The van der Waals surface area contributed by atoms with Gasteiger partial charge in [0.15, 0.2) is 0 Å². The highest BCUT2D eigenvalue weighted by Crippen LogP contribution is 2.25. The number of nitrogens with zero attached hydrogens (tertiary/aromatic N) is 4. The Hall–Kier alpha value is -3.61. The Balaban J connectivity index is 1.38. The average molecular weight is 417 g/mol. The third kappa shape index (κ3) is 4.60. The maximum Gasteiger partial charge on any atom is 0.256 e. The molecular weight excluding hydrogens is 388 g/mol. The number of hydrogen-bond donors (Lipinski definition) is 2. The van der Waals surface area contributed by atoms with Gasteiger partial charge in [0.25, 0.3) is 5.91 Å². The van der Waals surface area contributed by atoms with Crippen molar-refractivity contribution in [2.45, 2.75) is 20.4 Å². The van der Waals surface area contributed by atoms with Crippen LogP contribution in [0.5, 0.6) is 0 Å². The van der Waals surface area contributed by atoms with E-state index in [9.17, 15) is 4.79 Å². The SMILES string of the molecule is Cc1cccc(N2CCN(c3ncc(C(=O)NCc4ccccc4)c(N)n3)CC2)c1C. The van der Waals surface area contributed by atoms with Crippen LogP contribution >= 0.6 is 0 Å². The Kier molecular flexibility index (Phi) is 6.02. The number of nitrogen functional groups attached to an aromatic ring is 1. The number of amides is 1. The molecule has 0 unspecified atom stereocenters. The molecule has 160 valence electrons. The predicted molar refractivity (Wildman–Crippen MR) is 124 cm³/mol. The van der Waals surface area contributed by atoms with E-state index < -0.39 is 0 Å². The van der Waals surface area contributed by atoms with Crippen LogP contribution in [0.15, 0.2) is 54.7 Å². The van der Waals surface area contributed by atoms with Crippen molar-refractivity contribution in [2.75, 3.05) is 41.7 Å². The summed E-state index contributed by atoms with van der Waals surface area (Å²) in [5.41, 5.74) is 11.3. The molecule has 2 heterocycles. The second kappa shape index (κ2) is 9.04. The summed E-state index contributed by atoms with van der Waals surface area (Å²) < 4.78 is 0. The molecule has 31 heavy (non-hydrogen) atoms. The number of nitrogens with two attached hydrogens (primary N) is 1. The summed E-state index contributed by atoms with van der Waals surface area (Å²) in [5, 5.41) is 2.87. The van der Waals surface area contributed by atoms with Crippen LogP contribution in [0.1, 0.15) is 27.0 Å². The van der Waals surface area contributed by atoms with Gasteiger partial charge >= 0.3 is 0 Å². The monoisotopic (exact) mass is 416 g/mol. The lowest BCUT2D eigenvalue weighted by Gasteiger charge is -2.37. The minimum absolute atomic E-state index is 0.201. The van der Waals surface area contributed by atoms with E-state index >= 15 is 0 Å². The summed E-state index contributed by atoms with van der Waals surface area (Å²) in [6, 6.07) is 16.2. The number of hydrogen-bond acceptors (Lipinski definition) is 6. The zero-order valence-electron chi connectivity index (χ0n) is 18.0. The van der Waals surface area contributed by atoms with Gasteiger partial charge in [0, 0.05) is 44.6 Å². The number of rotatable bonds is 5. The summed E-state index contributed by atoms with van der Waals surface area (Å²) in [7, 11) is 0. The van der Waals surface area contributed by atoms with Crippen LogP contribution in [0, 0.1) is 13.8 Å². The fourth-order valence-corrected chi connectivity index (χ4v) is 3.81. The molecule has 0 aliphatic carbocycles. The van der Waals surface area contributed by atoms with E-state index in [1.165, 1.54) is 23.0 Å². The smallest absolute Gasteiger partial charge is 0.256 e. The lowest BCUT2D eigenvalue weighted by atomic mass is 10.1. The largest absolute Gasteiger partial charge is 0.383 e. The van der Waals surface area contributed by atoms with E-state index in [1.807, 2.05) is 30.3 Å². The first kappa shape index (κ1) is 20.7. The van der Waals surface area contributed by atoms with Gasteiger partial charge in [0.2, 0.25) is 5.95 Å². The van der Waals surface area contributed by atoms with Crippen LogP contribution in [0.3, 0.4) is 0 Å². The van der Waals surface area contributed by atoms with Crippen LogP contribution in [-0.2, 0) is 6.54 Å². The lowest BCUT2D eigenvalue weighted by Crippen LogP contribution is -2.47. The summed E-state index contributed by atoms with van der Waals surface area (Å²) in [5.74, 6) is 0.498. The molecule has 2 aromatic carbocycles. The maximum absolute atomic E-state index is 12.5. The molecule has 0 saturated carbocycles. The third-order valence-corrected chi connectivity index (χ3v) is 5.83. The van der Waals surface area contributed by atoms with Crippen molar-refractivity contribution in [1.82, 2.24) is 15.3 Å². The molecule has 0 bridgehead atoms. The normalized spacial score (nSPS) is 13.9. The van der Waals surface area contributed by atoms with Crippen LogP contribution < -0.4 is 20.9 Å². The van der Waals surface area contributed by atoms with Gasteiger partial charge in [-0.2, -0.15) is 4.98 Å². The first-order valence-corrected chi connectivity index (χ1v) is 10.5. The second-order valence-corrected chi connectivity index (χ2v) is 7.83. The molecule has 7 nitrogen and oxygen atoms in total. The highest BCUT2D eigenvalue weighted by atomic mass is 16.1. The van der Waals surface area contributed by atoms with Crippen molar-refractivity contribution in [2.24, 2.45) is 0 Å². The van der Waals surface area contributed by atoms with Crippen molar-refractivity contribution >= 4 is 23.4 Å². The molecule has 7 heteroatoms. The first-order valence-electron chi connectivity index (χ1n) is 10.5. The lowest BCUT2D eigenvalue weighted by molar-refractivity contribution is 0.0951. The van der Waals surface area contributed by atoms with Crippen LogP contribution in [-0.4, -0.2) is 42.1 Å². The highest BCUT2D eigenvalue weighted by Gasteiger charge is 2.22. The van der Waals surface area contributed by atoms with Crippen molar-refractivity contribution in [3.8, 4) is 0 Å². The molecule has 3 N–H and O–H groups in total. The fourth-order valence-electron chi connectivity index (χ4n) is 3.81. The standard InChI is InChI=1S/C24H28N6O/c1-17-7-6-10-21(18(17)2)29-11-13-30(14-12-29)24-27-16-20(22(25)28-24)23(31)26-15-19-8-4-3-5-9-19/h3-10,16H,11-15H2,1-2H3,(H,26,31)(H2,25,27,28). The minimum atomic E-state index is -0.271. The van der Waals surface area contributed by atoms with Crippen molar-refractivity contribution in [3.05, 3.63) is 77.0 Å². The van der Waals surface area contributed by atoms with Crippen LogP contribution in [0.4, 0.5) is 17.5 Å². The summed E-state index contributed by atoms with van der Waals surface area (Å²) in [6.45, 7) is 8.10. The first-order chi connectivity index (χ1) is 15.0. The Labute approximate surface area is 182 Å². The molecule has 4 rings (SSSR count). The fraction of sp³-hybridized carbons (Fsp3) is 0.292. The molecule has 1 saturated heterocycles. The molecule has 1 amide bonds. The summed E-state index contributed by atoms with van der Waals surface area (Å²) in [6.07, 6.45) is 1.52. The van der Waals surface area contributed by atoms with E-state index in [0.29, 0.717) is 18.1 Å². The Morgan fingerprint density at radius 3 is 2.42 bits per heavy atom. The number of carbonyl (C=O) groups is 1. The van der Waals surface area contributed by atoms with Crippen molar-refractivity contribution < 1.29 is 4.79 Å². The molecule has 0 spiro atoms. The minimum Gasteiger partial charge on any atom is -0.383 e. The number of nitrogens with one attached hydrogen (secondary N) is 1. The summed E-state index contributed by atoms with van der Waals surface area (Å²) in [4.78, 5) is 25.8. The van der Waals surface area contributed by atoms with Gasteiger partial charge in [0.1, 0.15) is 5.82 Å². The Bertz CT molecular complexity index is 1060.